The molecule has 1 aliphatic carbocycles. The van der Waals surface area contributed by atoms with Crippen LogP contribution in [-0.2, 0) is 28.5 Å². The highest BCUT2D eigenvalue weighted by molar-refractivity contribution is 7.98. The molecule has 8 heteroatoms. The minimum absolute atomic E-state index is 0.0722. The lowest BCUT2D eigenvalue weighted by molar-refractivity contribution is -0.141. The minimum Gasteiger partial charge on any atom is -0.492 e. The van der Waals surface area contributed by atoms with Crippen molar-refractivity contribution < 1.29 is 32.2 Å². The molecule has 0 bridgehead atoms. The van der Waals surface area contributed by atoms with Crippen LogP contribution in [0.3, 0.4) is 0 Å². The number of ether oxygens (including phenoxy) is 3. The Morgan fingerprint density at radius 1 is 1.08 bits per heavy atom. The SMILES string of the molecule is COC(=O)CC1COc2cc(O[C@@H]3CCc4c3ccc(C(F)(F)F)c4Cc3ccc(SC)cc3)ccc21. The van der Waals surface area contributed by atoms with E-state index in [2.05, 4.69) is 0 Å². The lowest BCUT2D eigenvalue weighted by atomic mass is 9.92. The first-order valence-corrected chi connectivity index (χ1v) is 13.3. The molecule has 1 unspecified atom stereocenters. The van der Waals surface area contributed by atoms with E-state index in [1.54, 1.807) is 23.9 Å². The van der Waals surface area contributed by atoms with Gasteiger partial charge in [-0.1, -0.05) is 24.3 Å². The zero-order valence-electron chi connectivity index (χ0n) is 20.6. The van der Waals surface area contributed by atoms with Crippen molar-refractivity contribution in [2.45, 2.75) is 48.8 Å². The van der Waals surface area contributed by atoms with Gasteiger partial charge in [0.1, 0.15) is 17.6 Å². The maximum Gasteiger partial charge on any atom is 0.416 e. The predicted octanol–water partition coefficient (Wildman–Crippen LogP) is 7.12. The molecule has 3 aromatic carbocycles. The topological polar surface area (TPSA) is 44.8 Å². The molecule has 0 fully saturated rings. The number of benzene rings is 3. The highest BCUT2D eigenvalue weighted by Crippen LogP contribution is 2.44. The van der Waals surface area contributed by atoms with Gasteiger partial charge in [0, 0.05) is 22.4 Å². The van der Waals surface area contributed by atoms with E-state index in [0.717, 1.165) is 27.1 Å². The number of rotatable bonds is 7. The van der Waals surface area contributed by atoms with Gasteiger partial charge < -0.3 is 14.2 Å². The van der Waals surface area contributed by atoms with Gasteiger partial charge in [-0.2, -0.15) is 13.2 Å². The molecule has 0 saturated heterocycles. The smallest absolute Gasteiger partial charge is 0.416 e. The molecule has 5 rings (SSSR count). The lowest BCUT2D eigenvalue weighted by Crippen LogP contribution is -2.13. The number of halogens is 3. The van der Waals surface area contributed by atoms with Gasteiger partial charge in [-0.05, 0) is 72.0 Å². The highest BCUT2D eigenvalue weighted by atomic mass is 32.2. The third-order valence-corrected chi connectivity index (χ3v) is 7.84. The van der Waals surface area contributed by atoms with Gasteiger partial charge in [-0.25, -0.2) is 0 Å². The largest absolute Gasteiger partial charge is 0.492 e. The van der Waals surface area contributed by atoms with Gasteiger partial charge in [0.05, 0.1) is 25.7 Å². The van der Waals surface area contributed by atoms with Crippen LogP contribution in [0.2, 0.25) is 0 Å². The molecule has 2 aliphatic rings. The van der Waals surface area contributed by atoms with Crippen molar-refractivity contribution in [3.63, 3.8) is 0 Å². The van der Waals surface area contributed by atoms with E-state index in [4.69, 9.17) is 14.2 Å². The van der Waals surface area contributed by atoms with E-state index in [9.17, 15) is 18.0 Å². The highest BCUT2D eigenvalue weighted by Gasteiger charge is 2.37. The van der Waals surface area contributed by atoms with Crippen molar-refractivity contribution in [1.29, 1.82) is 0 Å². The summed E-state index contributed by atoms with van der Waals surface area (Å²) in [7, 11) is 1.36. The Labute approximate surface area is 218 Å². The Hall–Kier alpha value is -3.13. The normalized spacial score (nSPS) is 18.2. The Morgan fingerprint density at radius 2 is 1.84 bits per heavy atom. The van der Waals surface area contributed by atoms with E-state index in [1.807, 2.05) is 42.7 Å². The van der Waals surface area contributed by atoms with E-state index in [-0.39, 0.29) is 30.8 Å². The van der Waals surface area contributed by atoms with Crippen LogP contribution in [0.4, 0.5) is 13.2 Å². The van der Waals surface area contributed by atoms with E-state index in [0.29, 0.717) is 36.5 Å². The van der Waals surface area contributed by atoms with Crippen molar-refractivity contribution in [3.8, 4) is 11.5 Å². The summed E-state index contributed by atoms with van der Waals surface area (Å²) in [5.74, 6) is 0.881. The summed E-state index contributed by atoms with van der Waals surface area (Å²) in [5, 5.41) is 0. The number of hydrogen-bond donors (Lipinski definition) is 0. The van der Waals surface area contributed by atoms with Crippen LogP contribution in [0.1, 0.15) is 58.2 Å². The molecule has 1 aliphatic heterocycles. The Kier molecular flexibility index (Phi) is 7.12. The van der Waals surface area contributed by atoms with Crippen LogP contribution in [0.15, 0.2) is 59.5 Å². The van der Waals surface area contributed by atoms with Crippen LogP contribution < -0.4 is 9.47 Å². The van der Waals surface area contributed by atoms with Crippen molar-refractivity contribution in [2.75, 3.05) is 20.0 Å². The quantitative estimate of drug-likeness (QED) is 0.241. The summed E-state index contributed by atoms with van der Waals surface area (Å²) < 4.78 is 58.7. The maximum absolute atomic E-state index is 14.0. The molecule has 1 heterocycles. The molecule has 0 radical (unpaired) electrons. The molecular formula is C29H27F3O4S. The summed E-state index contributed by atoms with van der Waals surface area (Å²) in [5.41, 5.74) is 3.05. The molecule has 194 valence electrons. The first kappa shape index (κ1) is 25.5. The molecule has 0 saturated carbocycles. The van der Waals surface area contributed by atoms with Crippen molar-refractivity contribution >= 4 is 17.7 Å². The third-order valence-electron chi connectivity index (χ3n) is 7.10. The summed E-state index contributed by atoms with van der Waals surface area (Å²) >= 11 is 1.60. The van der Waals surface area contributed by atoms with Gasteiger partial charge in [-0.15, -0.1) is 11.8 Å². The minimum atomic E-state index is -4.43. The second kappa shape index (κ2) is 10.3. The average Bonchev–Trinajstić information content (AvgIpc) is 3.48. The zero-order valence-corrected chi connectivity index (χ0v) is 21.4. The molecule has 0 spiro atoms. The summed E-state index contributed by atoms with van der Waals surface area (Å²) in [6.45, 7) is 0.391. The molecule has 4 nitrogen and oxygen atoms in total. The van der Waals surface area contributed by atoms with Crippen LogP contribution in [0.5, 0.6) is 11.5 Å². The van der Waals surface area contributed by atoms with Crippen LogP contribution in [0, 0.1) is 0 Å². The third kappa shape index (κ3) is 5.30. The first-order chi connectivity index (χ1) is 17.8. The Bertz CT molecular complexity index is 1300. The summed E-state index contributed by atoms with van der Waals surface area (Å²) in [4.78, 5) is 12.7. The standard InChI is InChI=1S/C29H27F3O4S/c1-34-28(33)14-18-16-35-27-15-19(5-8-21(18)27)36-26-12-10-22-23(26)9-11-25(29(30,31)32)24(22)13-17-3-6-20(37-2)7-4-17/h3-9,11,15,18,26H,10,12-14,16H2,1-2H3/t18?,26-/m1/s1. The van der Waals surface area contributed by atoms with Crippen molar-refractivity contribution in [1.82, 2.24) is 0 Å². The van der Waals surface area contributed by atoms with Crippen LogP contribution in [-0.4, -0.2) is 25.9 Å². The van der Waals surface area contributed by atoms with Gasteiger partial charge in [0.15, 0.2) is 0 Å². The zero-order chi connectivity index (χ0) is 26.2. The molecule has 0 N–H and O–H groups in total. The fourth-order valence-electron chi connectivity index (χ4n) is 5.22. The van der Waals surface area contributed by atoms with Crippen molar-refractivity contribution in [2.24, 2.45) is 0 Å². The van der Waals surface area contributed by atoms with Gasteiger partial charge >= 0.3 is 12.1 Å². The summed E-state index contributed by atoms with van der Waals surface area (Å²) in [6.07, 6.45) is -1.24. The maximum atomic E-state index is 14.0. The molecule has 0 aromatic heterocycles. The molecule has 2 atom stereocenters. The Balaban J connectivity index is 1.40. The predicted molar refractivity (Wildman–Crippen MR) is 135 cm³/mol. The van der Waals surface area contributed by atoms with Gasteiger partial charge in [0.2, 0.25) is 0 Å². The molecule has 3 aromatic rings. The number of fused-ring (bicyclic) bond motifs is 2. The number of esters is 1. The first-order valence-electron chi connectivity index (χ1n) is 12.1. The van der Waals surface area contributed by atoms with Crippen LogP contribution in [0.25, 0.3) is 0 Å². The van der Waals surface area contributed by atoms with E-state index < -0.39 is 11.7 Å². The monoisotopic (exact) mass is 528 g/mol. The number of alkyl halides is 3. The fraction of sp³-hybridized carbons (Fsp3) is 0.345. The average molecular weight is 529 g/mol. The fourth-order valence-corrected chi connectivity index (χ4v) is 5.63. The lowest BCUT2D eigenvalue weighted by Gasteiger charge is -2.20. The van der Waals surface area contributed by atoms with E-state index >= 15 is 0 Å². The number of methoxy groups -OCH3 is 1. The molecular weight excluding hydrogens is 501 g/mol. The summed E-state index contributed by atoms with van der Waals surface area (Å²) in [6, 6.07) is 15.9. The number of carbonyl (C=O) groups is 1. The second-order valence-electron chi connectivity index (χ2n) is 9.32. The van der Waals surface area contributed by atoms with Crippen molar-refractivity contribution in [3.05, 3.63) is 88.0 Å². The van der Waals surface area contributed by atoms with Gasteiger partial charge in [0.25, 0.3) is 0 Å². The van der Waals surface area contributed by atoms with Gasteiger partial charge in [-0.3, -0.25) is 4.79 Å². The second-order valence-corrected chi connectivity index (χ2v) is 10.2. The number of carbonyl (C=O) groups excluding carboxylic acids is 1. The Morgan fingerprint density at radius 3 is 2.54 bits per heavy atom. The van der Waals surface area contributed by atoms with Crippen LogP contribution >= 0.6 is 11.8 Å². The number of hydrogen-bond acceptors (Lipinski definition) is 5. The molecule has 37 heavy (non-hydrogen) atoms. The molecule has 0 amide bonds. The number of thioether (sulfide) groups is 1. The van der Waals surface area contributed by atoms with E-state index in [1.165, 1.54) is 13.2 Å².